The first kappa shape index (κ1) is 13.7. The van der Waals surface area contributed by atoms with E-state index in [0.717, 1.165) is 11.8 Å². The number of esters is 1. The Hall–Kier alpha value is -1.36. The Kier molecular flexibility index (Phi) is 4.69. The Balaban J connectivity index is 2.81. The van der Waals surface area contributed by atoms with Gasteiger partial charge in [-0.05, 0) is 12.0 Å². The van der Waals surface area contributed by atoms with Crippen molar-refractivity contribution in [1.82, 2.24) is 0 Å². The van der Waals surface area contributed by atoms with Crippen LogP contribution in [0.3, 0.4) is 0 Å². The zero-order valence-electron chi connectivity index (χ0n) is 9.92. The van der Waals surface area contributed by atoms with Crippen LogP contribution in [0.15, 0.2) is 30.3 Å². The molecule has 0 heterocycles. The van der Waals surface area contributed by atoms with Gasteiger partial charge in [0.05, 0.1) is 18.8 Å². The molecule has 0 fully saturated rings. The lowest BCUT2D eigenvalue weighted by Gasteiger charge is -2.13. The quantitative estimate of drug-likeness (QED) is 0.739. The van der Waals surface area contributed by atoms with Crippen LogP contribution in [0.4, 0.5) is 0 Å². The zero-order chi connectivity index (χ0) is 12.9. The largest absolute Gasteiger partial charge is 0.469 e. The summed E-state index contributed by atoms with van der Waals surface area (Å²) in [4.78, 5) is 11.5. The molecule has 0 saturated carbocycles. The van der Waals surface area contributed by atoms with Gasteiger partial charge >= 0.3 is 5.97 Å². The molecule has 0 N–H and O–H groups in total. The Bertz CT molecular complexity index is 465. The summed E-state index contributed by atoms with van der Waals surface area (Å²) in [6.07, 6.45) is 1.49. The first-order valence-corrected chi connectivity index (χ1v) is 7.28. The predicted molar refractivity (Wildman–Crippen MR) is 65.4 cm³/mol. The number of carbonyl (C=O) groups is 1. The highest BCUT2D eigenvalue weighted by atomic mass is 32.2. The summed E-state index contributed by atoms with van der Waals surface area (Å²) in [5.41, 5.74) is 0.923. The van der Waals surface area contributed by atoms with E-state index in [9.17, 15) is 13.2 Å². The molecule has 1 aromatic carbocycles. The van der Waals surface area contributed by atoms with E-state index in [1.165, 1.54) is 7.11 Å². The van der Waals surface area contributed by atoms with Crippen LogP contribution >= 0.6 is 0 Å². The average molecular weight is 256 g/mol. The van der Waals surface area contributed by atoms with Crippen molar-refractivity contribution < 1.29 is 17.9 Å². The number of hydrogen-bond donors (Lipinski definition) is 0. The van der Waals surface area contributed by atoms with Crippen molar-refractivity contribution in [2.45, 2.75) is 6.42 Å². The summed E-state index contributed by atoms with van der Waals surface area (Å²) in [7, 11) is -1.93. The first-order valence-electron chi connectivity index (χ1n) is 5.22. The average Bonchev–Trinajstić information content (AvgIpc) is 2.27. The first-order chi connectivity index (χ1) is 7.92. The van der Waals surface area contributed by atoms with Gasteiger partial charge in [-0.2, -0.15) is 0 Å². The van der Waals surface area contributed by atoms with Gasteiger partial charge in [0.2, 0.25) is 0 Å². The van der Waals surface area contributed by atoms with E-state index in [1.807, 2.05) is 30.3 Å². The van der Waals surface area contributed by atoms with Crippen molar-refractivity contribution in [1.29, 1.82) is 0 Å². The maximum Gasteiger partial charge on any atom is 0.310 e. The number of ether oxygens (including phenoxy) is 1. The maximum absolute atomic E-state index is 11.5. The van der Waals surface area contributed by atoms with Crippen molar-refractivity contribution in [3.05, 3.63) is 35.9 Å². The van der Waals surface area contributed by atoms with Gasteiger partial charge < -0.3 is 4.74 Å². The van der Waals surface area contributed by atoms with Gasteiger partial charge in [-0.25, -0.2) is 8.42 Å². The lowest BCUT2D eigenvalue weighted by molar-refractivity contribution is -0.144. The van der Waals surface area contributed by atoms with Crippen LogP contribution in [0.1, 0.15) is 5.56 Å². The highest BCUT2D eigenvalue weighted by Gasteiger charge is 2.24. The number of hydrogen-bond acceptors (Lipinski definition) is 4. The summed E-state index contributed by atoms with van der Waals surface area (Å²) < 4.78 is 27.1. The fourth-order valence-corrected chi connectivity index (χ4v) is 2.63. The molecule has 0 amide bonds. The molecule has 0 saturated heterocycles. The van der Waals surface area contributed by atoms with E-state index in [1.54, 1.807) is 0 Å². The molecule has 0 aliphatic heterocycles. The van der Waals surface area contributed by atoms with E-state index in [0.29, 0.717) is 6.42 Å². The van der Waals surface area contributed by atoms with Crippen LogP contribution in [0.2, 0.25) is 0 Å². The molecule has 17 heavy (non-hydrogen) atoms. The Morgan fingerprint density at radius 2 is 1.88 bits per heavy atom. The molecule has 1 atom stereocenters. The second-order valence-corrected chi connectivity index (χ2v) is 6.19. The molecule has 1 unspecified atom stereocenters. The van der Waals surface area contributed by atoms with E-state index >= 15 is 0 Å². The fourth-order valence-electron chi connectivity index (χ4n) is 1.64. The molecule has 4 nitrogen and oxygen atoms in total. The third-order valence-electron chi connectivity index (χ3n) is 2.36. The molecule has 0 aromatic heterocycles. The Labute approximate surface area is 102 Å². The number of carbonyl (C=O) groups excluding carboxylic acids is 1. The third kappa shape index (κ3) is 4.99. The normalized spacial score (nSPS) is 13.1. The van der Waals surface area contributed by atoms with Gasteiger partial charge in [0.15, 0.2) is 0 Å². The summed E-state index contributed by atoms with van der Waals surface area (Å²) >= 11 is 0. The van der Waals surface area contributed by atoms with Crippen molar-refractivity contribution in [2.24, 2.45) is 5.92 Å². The Morgan fingerprint density at radius 3 is 2.35 bits per heavy atom. The molecule has 0 aliphatic rings. The monoisotopic (exact) mass is 256 g/mol. The zero-order valence-corrected chi connectivity index (χ0v) is 10.7. The second kappa shape index (κ2) is 5.82. The predicted octanol–water partition coefficient (Wildman–Crippen LogP) is 1.06. The van der Waals surface area contributed by atoms with Gasteiger partial charge in [-0.15, -0.1) is 0 Å². The topological polar surface area (TPSA) is 60.4 Å². The summed E-state index contributed by atoms with van der Waals surface area (Å²) in [5.74, 6) is -1.31. The maximum atomic E-state index is 11.5. The van der Waals surface area contributed by atoms with Gasteiger partial charge in [0, 0.05) is 6.26 Å². The number of sulfone groups is 1. The SMILES string of the molecule is COC(=O)C(Cc1ccccc1)CS(C)(=O)=O. The third-order valence-corrected chi connectivity index (χ3v) is 3.37. The van der Waals surface area contributed by atoms with Crippen LogP contribution in [-0.4, -0.2) is 33.5 Å². The second-order valence-electron chi connectivity index (χ2n) is 4.00. The van der Waals surface area contributed by atoms with Crippen LogP contribution < -0.4 is 0 Å². The fraction of sp³-hybridized carbons (Fsp3) is 0.417. The van der Waals surface area contributed by atoms with Gasteiger partial charge in [-0.1, -0.05) is 30.3 Å². The molecule has 0 bridgehead atoms. The Morgan fingerprint density at radius 1 is 1.29 bits per heavy atom. The van der Waals surface area contributed by atoms with Crippen LogP contribution in [0, 0.1) is 5.92 Å². The molecule has 5 heteroatoms. The minimum atomic E-state index is -3.20. The molecule has 1 rings (SSSR count). The van der Waals surface area contributed by atoms with E-state index in [4.69, 9.17) is 0 Å². The van der Waals surface area contributed by atoms with Crippen LogP contribution in [0.5, 0.6) is 0 Å². The van der Waals surface area contributed by atoms with E-state index in [-0.39, 0.29) is 5.75 Å². The van der Waals surface area contributed by atoms with Gasteiger partial charge in [-0.3, -0.25) is 4.79 Å². The smallest absolute Gasteiger partial charge is 0.310 e. The summed E-state index contributed by atoms with van der Waals surface area (Å²) in [5, 5.41) is 0. The molecule has 0 aliphatic carbocycles. The minimum Gasteiger partial charge on any atom is -0.469 e. The molecule has 1 aromatic rings. The standard InChI is InChI=1S/C12H16O4S/c1-16-12(13)11(9-17(2,14)15)8-10-6-4-3-5-7-10/h3-7,11H,8-9H2,1-2H3. The molecule has 0 spiro atoms. The minimum absolute atomic E-state index is 0.186. The molecule has 0 radical (unpaired) electrons. The van der Waals surface area contributed by atoms with Gasteiger partial charge in [0.25, 0.3) is 0 Å². The van der Waals surface area contributed by atoms with E-state index in [2.05, 4.69) is 4.74 Å². The molecule has 94 valence electrons. The van der Waals surface area contributed by atoms with Crippen LogP contribution in [0.25, 0.3) is 0 Å². The number of benzene rings is 1. The number of rotatable bonds is 5. The number of methoxy groups -OCH3 is 1. The van der Waals surface area contributed by atoms with E-state index < -0.39 is 21.7 Å². The highest BCUT2D eigenvalue weighted by molar-refractivity contribution is 7.90. The molecular formula is C12H16O4S. The highest BCUT2D eigenvalue weighted by Crippen LogP contribution is 2.12. The van der Waals surface area contributed by atoms with Crippen molar-refractivity contribution in [2.75, 3.05) is 19.1 Å². The van der Waals surface area contributed by atoms with Crippen molar-refractivity contribution >= 4 is 15.8 Å². The van der Waals surface area contributed by atoms with Crippen LogP contribution in [-0.2, 0) is 25.8 Å². The van der Waals surface area contributed by atoms with Crippen molar-refractivity contribution in [3.8, 4) is 0 Å². The lowest BCUT2D eigenvalue weighted by atomic mass is 10.0. The van der Waals surface area contributed by atoms with Gasteiger partial charge in [0.1, 0.15) is 9.84 Å². The lowest BCUT2D eigenvalue weighted by Crippen LogP contribution is -2.26. The summed E-state index contributed by atoms with van der Waals surface area (Å²) in [6, 6.07) is 9.29. The molecular weight excluding hydrogens is 240 g/mol. The van der Waals surface area contributed by atoms with Crippen molar-refractivity contribution in [3.63, 3.8) is 0 Å². The summed E-state index contributed by atoms with van der Waals surface area (Å²) in [6.45, 7) is 0.